The van der Waals surface area contributed by atoms with E-state index in [0.29, 0.717) is 0 Å². The highest BCUT2D eigenvalue weighted by Gasteiger charge is 2.10. The van der Waals surface area contributed by atoms with E-state index in [9.17, 15) is 0 Å². The Bertz CT molecular complexity index is 1260. The SMILES string of the molecule is Cc1nc2/c(=C\c3c4ccccc4cc4ccccc34)c(C)nn2n1. The van der Waals surface area contributed by atoms with E-state index < -0.39 is 0 Å². The van der Waals surface area contributed by atoms with Gasteiger partial charge in [-0.25, -0.2) is 4.98 Å². The van der Waals surface area contributed by atoms with E-state index in [1.54, 1.807) is 4.63 Å². The lowest BCUT2D eigenvalue weighted by molar-refractivity contribution is 0.793. The Balaban J connectivity index is 1.97. The summed E-state index contributed by atoms with van der Waals surface area (Å²) in [5.41, 5.74) is 2.95. The van der Waals surface area contributed by atoms with Crippen LogP contribution in [0.15, 0.2) is 54.6 Å². The van der Waals surface area contributed by atoms with Crippen molar-refractivity contribution in [1.82, 2.24) is 19.8 Å². The maximum atomic E-state index is 4.55. The van der Waals surface area contributed by atoms with Crippen LogP contribution >= 0.6 is 0 Å². The molecule has 0 aliphatic carbocycles. The van der Waals surface area contributed by atoms with E-state index in [1.807, 2.05) is 13.8 Å². The van der Waals surface area contributed by atoms with Gasteiger partial charge in [-0.15, -0.1) is 9.73 Å². The number of nitrogens with zero attached hydrogens (tertiary/aromatic N) is 4. The van der Waals surface area contributed by atoms with E-state index >= 15 is 0 Å². The maximum Gasteiger partial charge on any atom is 0.185 e. The third kappa shape index (κ3) is 2.11. The summed E-state index contributed by atoms with van der Waals surface area (Å²) in [5, 5.41) is 14.8. The molecule has 0 bridgehead atoms. The van der Waals surface area contributed by atoms with Crippen molar-refractivity contribution in [3.63, 3.8) is 0 Å². The molecule has 4 heteroatoms. The summed E-state index contributed by atoms with van der Waals surface area (Å²) in [4.78, 5) is 4.55. The van der Waals surface area contributed by atoms with Crippen LogP contribution in [0.1, 0.15) is 17.1 Å². The summed E-state index contributed by atoms with van der Waals surface area (Å²) >= 11 is 0. The Morgan fingerprint density at radius 2 is 1.48 bits per heavy atom. The topological polar surface area (TPSA) is 43.1 Å². The van der Waals surface area contributed by atoms with Crippen LogP contribution in [-0.2, 0) is 0 Å². The maximum absolute atomic E-state index is 4.55. The highest BCUT2D eigenvalue weighted by atomic mass is 15.5. The van der Waals surface area contributed by atoms with Gasteiger partial charge in [0.1, 0.15) is 5.82 Å². The summed E-state index contributed by atoms with van der Waals surface area (Å²) < 4.78 is 1.63. The minimum atomic E-state index is 0.736. The Labute approximate surface area is 144 Å². The minimum Gasteiger partial charge on any atom is -0.210 e. The van der Waals surface area contributed by atoms with Crippen LogP contribution in [0.5, 0.6) is 0 Å². The molecular weight excluding hydrogens is 308 g/mol. The molecule has 0 aliphatic rings. The van der Waals surface area contributed by atoms with Gasteiger partial charge in [0.05, 0.1) is 5.69 Å². The smallest absolute Gasteiger partial charge is 0.185 e. The van der Waals surface area contributed by atoms with Crippen LogP contribution < -0.4 is 5.22 Å². The average Bonchev–Trinajstić information content (AvgIpc) is 3.10. The molecule has 3 aromatic carbocycles. The molecule has 0 aliphatic heterocycles. The van der Waals surface area contributed by atoms with Crippen molar-refractivity contribution in [2.45, 2.75) is 13.8 Å². The number of hydrogen-bond acceptors (Lipinski definition) is 3. The van der Waals surface area contributed by atoms with Crippen molar-refractivity contribution < 1.29 is 0 Å². The van der Waals surface area contributed by atoms with Crippen LogP contribution in [0, 0.1) is 13.8 Å². The van der Waals surface area contributed by atoms with Crippen molar-refractivity contribution >= 4 is 33.3 Å². The molecule has 0 amide bonds. The number of aromatic nitrogens is 4. The molecule has 0 saturated heterocycles. The molecule has 0 spiro atoms. The molecule has 0 radical (unpaired) electrons. The monoisotopic (exact) mass is 324 g/mol. The molecule has 25 heavy (non-hydrogen) atoms. The lowest BCUT2D eigenvalue weighted by Crippen LogP contribution is -2.04. The van der Waals surface area contributed by atoms with Crippen molar-refractivity contribution in [2.24, 2.45) is 0 Å². The van der Waals surface area contributed by atoms with Crippen LogP contribution in [-0.4, -0.2) is 19.8 Å². The molecule has 2 aromatic heterocycles. The first-order chi connectivity index (χ1) is 12.2. The zero-order chi connectivity index (χ0) is 17.0. The zero-order valence-electron chi connectivity index (χ0n) is 14.1. The minimum absolute atomic E-state index is 0.736. The fourth-order valence-electron chi connectivity index (χ4n) is 3.52. The van der Waals surface area contributed by atoms with Gasteiger partial charge < -0.3 is 0 Å². The Kier molecular flexibility index (Phi) is 2.88. The van der Waals surface area contributed by atoms with E-state index in [-0.39, 0.29) is 0 Å². The second-order valence-electron chi connectivity index (χ2n) is 6.35. The van der Waals surface area contributed by atoms with Crippen molar-refractivity contribution in [2.75, 3.05) is 0 Å². The van der Waals surface area contributed by atoms with Gasteiger partial charge in [-0.1, -0.05) is 48.5 Å². The van der Waals surface area contributed by atoms with Crippen molar-refractivity contribution in [3.05, 3.63) is 76.9 Å². The van der Waals surface area contributed by atoms with Gasteiger partial charge >= 0.3 is 0 Å². The molecule has 0 atom stereocenters. The highest BCUT2D eigenvalue weighted by molar-refractivity contribution is 6.06. The van der Waals surface area contributed by atoms with Gasteiger partial charge in [0, 0.05) is 5.22 Å². The van der Waals surface area contributed by atoms with Crippen LogP contribution in [0.4, 0.5) is 0 Å². The third-order valence-corrected chi connectivity index (χ3v) is 4.67. The lowest BCUT2D eigenvalue weighted by atomic mass is 9.96. The fourth-order valence-corrected chi connectivity index (χ4v) is 3.52. The van der Waals surface area contributed by atoms with E-state index in [0.717, 1.165) is 22.4 Å². The quantitative estimate of drug-likeness (QED) is 0.443. The zero-order valence-corrected chi connectivity index (χ0v) is 14.1. The van der Waals surface area contributed by atoms with Crippen LogP contribution in [0.3, 0.4) is 0 Å². The molecule has 5 aromatic rings. The summed E-state index contributed by atoms with van der Waals surface area (Å²) in [6.45, 7) is 3.89. The predicted molar refractivity (Wildman–Crippen MR) is 100 cm³/mol. The first-order valence-electron chi connectivity index (χ1n) is 8.33. The van der Waals surface area contributed by atoms with E-state index in [2.05, 4.69) is 75.9 Å². The Hall–Kier alpha value is -3.27. The van der Waals surface area contributed by atoms with Gasteiger partial charge in [-0.05, 0) is 53.1 Å². The second kappa shape index (κ2) is 5.11. The van der Waals surface area contributed by atoms with Gasteiger partial charge in [-0.3, -0.25) is 0 Å². The van der Waals surface area contributed by atoms with Crippen LogP contribution in [0.25, 0.3) is 33.3 Å². The van der Waals surface area contributed by atoms with E-state index in [1.165, 1.54) is 27.1 Å². The summed E-state index contributed by atoms with van der Waals surface area (Å²) in [6, 6.07) is 19.2. The fraction of sp³-hybridized carbons (Fsp3) is 0.0952. The normalized spacial score (nSPS) is 12.6. The molecular formula is C21H16N4. The Morgan fingerprint density at radius 3 is 2.16 bits per heavy atom. The molecule has 0 unspecified atom stereocenters. The highest BCUT2D eigenvalue weighted by Crippen LogP contribution is 2.29. The first-order valence-corrected chi connectivity index (χ1v) is 8.33. The number of fused-ring (bicyclic) bond motifs is 3. The van der Waals surface area contributed by atoms with Gasteiger partial charge in [0.25, 0.3) is 0 Å². The van der Waals surface area contributed by atoms with Crippen LogP contribution in [0.2, 0.25) is 0 Å². The molecule has 0 saturated carbocycles. The Morgan fingerprint density at radius 1 is 0.840 bits per heavy atom. The summed E-state index contributed by atoms with van der Waals surface area (Å²) in [7, 11) is 0. The second-order valence-corrected chi connectivity index (χ2v) is 6.35. The molecule has 0 N–H and O–H groups in total. The number of hydrogen-bond donors (Lipinski definition) is 0. The molecule has 0 fully saturated rings. The number of aryl methyl sites for hydroxylation is 2. The average molecular weight is 324 g/mol. The van der Waals surface area contributed by atoms with Gasteiger partial charge in [0.2, 0.25) is 0 Å². The van der Waals surface area contributed by atoms with Gasteiger partial charge in [0.15, 0.2) is 5.65 Å². The van der Waals surface area contributed by atoms with E-state index in [4.69, 9.17) is 0 Å². The van der Waals surface area contributed by atoms with Gasteiger partial charge in [-0.2, -0.15) is 5.10 Å². The molecule has 5 rings (SSSR count). The molecule has 120 valence electrons. The largest absolute Gasteiger partial charge is 0.210 e. The third-order valence-electron chi connectivity index (χ3n) is 4.67. The van der Waals surface area contributed by atoms with Crippen molar-refractivity contribution in [1.29, 1.82) is 0 Å². The standard InChI is InChI=1S/C21H16N4/c1-13-19(21-22-14(2)24-25(21)23-13)12-20-17-9-5-3-7-15(17)11-16-8-4-6-10-18(16)20/h3-12H,1-2H3/b19-12-. The summed E-state index contributed by atoms with van der Waals surface area (Å²) in [5.74, 6) is 0.736. The molecule has 4 nitrogen and oxygen atoms in total. The lowest BCUT2D eigenvalue weighted by Gasteiger charge is -2.08. The van der Waals surface area contributed by atoms with Crippen molar-refractivity contribution in [3.8, 4) is 0 Å². The molecule has 2 heterocycles. The first kappa shape index (κ1) is 14.1. The number of benzene rings is 3. The number of rotatable bonds is 1. The summed E-state index contributed by atoms with van der Waals surface area (Å²) in [6.07, 6.45) is 2.20. The predicted octanol–water partition coefficient (Wildman–Crippen LogP) is 3.60.